The van der Waals surface area contributed by atoms with Crippen LogP contribution in [0.1, 0.15) is 106 Å². The van der Waals surface area contributed by atoms with Gasteiger partial charge in [-0.25, -0.2) is 34.7 Å². The number of anilines is 12. The molecule has 550 valence electrons. The van der Waals surface area contributed by atoms with E-state index in [2.05, 4.69) is 92.6 Å². The molecule has 1 saturated carbocycles. The fourth-order valence-corrected chi connectivity index (χ4v) is 13.1. The van der Waals surface area contributed by atoms with Crippen molar-refractivity contribution in [2.45, 2.75) is 115 Å². The zero-order valence-electron chi connectivity index (χ0n) is 57.1. The molecule has 4 amide bonds. The van der Waals surface area contributed by atoms with Crippen LogP contribution in [0.15, 0.2) is 194 Å². The maximum atomic E-state index is 12.6. The largest absolute Gasteiger partial charge is 0.390 e. The highest BCUT2D eigenvalue weighted by Crippen LogP contribution is 2.41. The highest BCUT2D eigenvalue weighted by Gasteiger charge is 2.38. The van der Waals surface area contributed by atoms with Gasteiger partial charge in [0.15, 0.2) is 32.9 Å². The molecule has 0 spiro atoms. The van der Waals surface area contributed by atoms with Crippen LogP contribution in [0.25, 0.3) is 0 Å². The van der Waals surface area contributed by atoms with Gasteiger partial charge in [0.1, 0.15) is 34.9 Å². The van der Waals surface area contributed by atoms with E-state index in [1.54, 1.807) is 6.07 Å². The number of urea groups is 1. The SMILES string of the molecule is CCC(=O)Nc1ccc(Sc2nc(Nc3cc(C4CC4)[nH]n3)cc(N3CC(C)(O)C3)n2)cc1.Cc1cc(Nc2cc(N3CCC3)nc(Sc3ccc(NC(=O)NCc4ccccc4)cc3)n2)n[nH]1.Cc1ccccc1C(=O)Nc1ccc(Sc2nc(Nc3cc(CO)[nH]n3)cc(N3CCC3)n2)cc1.[HH].[HH].[HH].[HH].[HH].[HH].[HH].[HH].[HH].[HH].[HH]. The number of carbonyl (C=O) groups is 3. The Labute approximate surface area is 623 Å². The summed E-state index contributed by atoms with van der Waals surface area (Å²) in [6.07, 6.45) is 5.16. The molecule has 1 aliphatic carbocycles. The topological polar surface area (TPSA) is 349 Å². The number of aromatic nitrogens is 12. The molecule has 27 nitrogen and oxygen atoms in total. The van der Waals surface area contributed by atoms with Crippen LogP contribution < -0.4 is 51.9 Å². The molecule has 103 heavy (non-hydrogen) atoms. The molecule has 0 radical (unpaired) electrons. The van der Waals surface area contributed by atoms with E-state index >= 15 is 0 Å². The summed E-state index contributed by atoms with van der Waals surface area (Å²) in [6.45, 7) is 12.8. The Hall–Kier alpha value is -11.1. The third-order valence-electron chi connectivity index (χ3n) is 16.7. The summed E-state index contributed by atoms with van der Waals surface area (Å²) in [4.78, 5) is 73.9. The summed E-state index contributed by atoms with van der Waals surface area (Å²) < 4.78 is 0. The van der Waals surface area contributed by atoms with E-state index < -0.39 is 5.60 Å². The number of carbonyl (C=O) groups excluding carboxylic acids is 3. The number of hydrogen-bond acceptors (Lipinski definition) is 23. The number of benzene rings is 5. The second kappa shape index (κ2) is 32.7. The second-order valence-corrected chi connectivity index (χ2v) is 28.4. The van der Waals surface area contributed by atoms with Gasteiger partial charge in [-0.1, -0.05) is 55.5 Å². The van der Waals surface area contributed by atoms with E-state index in [4.69, 9.17) is 15.0 Å². The summed E-state index contributed by atoms with van der Waals surface area (Å²) in [5.41, 5.74) is 6.87. The van der Waals surface area contributed by atoms with Crippen molar-refractivity contribution >= 4 is 123 Å². The van der Waals surface area contributed by atoms with Crippen molar-refractivity contribution in [3.8, 4) is 0 Å². The first-order valence-corrected chi connectivity index (χ1v) is 36.3. The number of aliphatic hydroxyl groups excluding tert-OH is 1. The van der Waals surface area contributed by atoms with Gasteiger partial charge < -0.3 is 62.1 Å². The number of aliphatic hydroxyl groups is 2. The van der Waals surface area contributed by atoms with Crippen LogP contribution in [0.3, 0.4) is 0 Å². The van der Waals surface area contributed by atoms with Crippen LogP contribution in [0.4, 0.5) is 74.2 Å². The van der Waals surface area contributed by atoms with Crippen LogP contribution in [0.2, 0.25) is 0 Å². The molecule has 3 saturated heterocycles. The van der Waals surface area contributed by atoms with Gasteiger partial charge >= 0.3 is 6.03 Å². The Morgan fingerprint density at radius 3 is 1.49 bits per heavy atom. The number of rotatable bonds is 24. The van der Waals surface area contributed by atoms with Crippen LogP contribution in [-0.4, -0.2) is 133 Å². The Balaban J connectivity index is 0.000000554. The molecule has 3 aliphatic heterocycles. The van der Waals surface area contributed by atoms with E-state index in [1.165, 1.54) is 54.5 Å². The van der Waals surface area contributed by atoms with E-state index in [0.29, 0.717) is 93.5 Å². The average Bonchev–Trinajstić information content (AvgIpc) is 1.10. The van der Waals surface area contributed by atoms with E-state index in [0.717, 1.165) is 104 Å². The molecule has 30 heteroatoms. The molecule has 0 atom stereocenters. The van der Waals surface area contributed by atoms with Crippen molar-refractivity contribution < 1.29 is 40.3 Å². The van der Waals surface area contributed by atoms with Gasteiger partial charge in [0.2, 0.25) is 5.91 Å². The van der Waals surface area contributed by atoms with Crippen molar-refractivity contribution in [3.63, 3.8) is 0 Å². The van der Waals surface area contributed by atoms with Gasteiger partial charge in [0.25, 0.3) is 5.91 Å². The Kier molecular flexibility index (Phi) is 22.4. The lowest BCUT2D eigenvalue weighted by Gasteiger charge is -2.45. The van der Waals surface area contributed by atoms with Crippen LogP contribution in [0, 0.1) is 13.8 Å². The minimum Gasteiger partial charge on any atom is -0.390 e. The monoisotopic (exact) mass is 1460 g/mol. The zero-order valence-corrected chi connectivity index (χ0v) is 59.5. The van der Waals surface area contributed by atoms with Crippen molar-refractivity contribution in [3.05, 3.63) is 198 Å². The van der Waals surface area contributed by atoms with Crippen LogP contribution in [-0.2, 0) is 17.9 Å². The maximum absolute atomic E-state index is 12.6. The number of amides is 4. The normalized spacial score (nSPS) is 14.1. The molecular formula is C73H100N22O5S3. The quantitative estimate of drug-likeness (QED) is 0.0250. The number of hydrogen-bond donors (Lipinski definition) is 12. The number of aryl methyl sites for hydroxylation is 2. The van der Waals surface area contributed by atoms with E-state index in [1.807, 2.05) is 190 Å². The Morgan fingerprint density at radius 1 is 0.544 bits per heavy atom. The van der Waals surface area contributed by atoms with Gasteiger partial charge in [-0.3, -0.25) is 24.9 Å². The molecule has 12 N–H and O–H groups in total. The third kappa shape index (κ3) is 19.7. The Bertz CT molecular complexity index is 4770. The minimum absolute atomic E-state index is 0. The smallest absolute Gasteiger partial charge is 0.319 e. The first-order chi connectivity index (χ1) is 50.0. The summed E-state index contributed by atoms with van der Waals surface area (Å²) >= 11 is 4.36. The standard InChI is InChI=1S/C25H26N8OS.C25H25N7O2S.C23H27N7O2S.11H2/c1-17-14-22(32-31-17)28-21-15-23(33-12-5-13-33)30-25(29-21)35-20-10-8-19(9-11-20)27-24(34)26-16-18-6-3-2-4-7-18;1-16-5-2-3-6-20(16)24(34)26-17-7-9-19(10-8-17)35-25-28-21(14-23(29-25)32-11-4-12-32)27-22-13-18(15-33)30-31-22;1-3-21(31)24-15-6-8-16(9-7-15)33-22-26-18(11-20(27-22)30-12-23(2,32)13-30)25-19-10-17(28-29-19)14-4-5-14;;;;;;;;;;;/h2-4,6-11,14-15H,5,12-13,16H2,1H3,(H2,26,27,34)(H2,28,29,30,31,32);2-3,5-10,13-14,33H,4,11-12,15H2,1H3,(H,26,34)(H2,27,28,29,30,31);6-11,14,32H,3-5,12-13H2,1-2H3,(H,24,31)(H2,25,26,27,28,29);11*1H. The molecule has 9 heterocycles. The lowest BCUT2D eigenvalue weighted by Crippen LogP contribution is -2.60. The highest BCUT2D eigenvalue weighted by molar-refractivity contribution is 7.99. The Morgan fingerprint density at radius 2 is 1.02 bits per heavy atom. The fraction of sp³-hybridized carbons (Fsp3) is 0.260. The fourth-order valence-electron chi connectivity index (χ4n) is 10.8. The molecule has 0 bridgehead atoms. The van der Waals surface area contributed by atoms with Crippen molar-refractivity contribution in [2.24, 2.45) is 0 Å². The number of aromatic amines is 3. The second-order valence-electron chi connectivity index (χ2n) is 25.3. The van der Waals surface area contributed by atoms with Gasteiger partial charge in [-0.2, -0.15) is 15.3 Å². The van der Waals surface area contributed by atoms with Crippen molar-refractivity contribution in [1.82, 2.24) is 65.8 Å². The van der Waals surface area contributed by atoms with Crippen LogP contribution in [0.5, 0.6) is 0 Å². The lowest BCUT2D eigenvalue weighted by atomic mass is 9.97. The van der Waals surface area contributed by atoms with E-state index in [-0.39, 0.29) is 40.1 Å². The zero-order chi connectivity index (χ0) is 71.2. The number of β-amino-alcohol motifs (C(OH)–C–C–N with tert-alkyl or cyclic N) is 1. The molecule has 11 aromatic rings. The van der Waals surface area contributed by atoms with Gasteiger partial charge in [-0.05, 0) is 172 Å². The summed E-state index contributed by atoms with van der Waals surface area (Å²) in [7, 11) is 0. The van der Waals surface area contributed by atoms with E-state index in [9.17, 15) is 24.6 Å². The molecule has 15 rings (SSSR count). The molecule has 4 aliphatic rings. The van der Waals surface area contributed by atoms with Gasteiger partial charge in [0.05, 0.1) is 17.9 Å². The van der Waals surface area contributed by atoms with Gasteiger partial charge in [0, 0.05) is 159 Å². The highest BCUT2D eigenvalue weighted by atomic mass is 32.2. The number of H-pyrrole nitrogens is 3. The first-order valence-electron chi connectivity index (χ1n) is 33.8. The molecule has 5 aromatic carbocycles. The third-order valence-corrected chi connectivity index (χ3v) is 19.3. The molecular weight excluding hydrogens is 1360 g/mol. The predicted octanol–water partition coefficient (Wildman–Crippen LogP) is 15.9. The van der Waals surface area contributed by atoms with Gasteiger partial charge in [-0.15, -0.1) is 0 Å². The average molecular weight is 1460 g/mol. The maximum Gasteiger partial charge on any atom is 0.319 e. The van der Waals surface area contributed by atoms with Crippen LogP contribution >= 0.6 is 35.3 Å². The molecule has 6 aromatic heterocycles. The first kappa shape index (κ1) is 70.4. The summed E-state index contributed by atoms with van der Waals surface area (Å²) in [5, 5.41) is 64.1. The number of nitrogens with zero attached hydrogens (tertiary/aromatic N) is 12. The van der Waals surface area contributed by atoms with Crippen molar-refractivity contribution in [1.29, 1.82) is 0 Å². The molecule has 0 unspecified atom stereocenters. The van der Waals surface area contributed by atoms with Crippen molar-refractivity contribution in [2.75, 3.05) is 85.9 Å². The summed E-state index contributed by atoms with van der Waals surface area (Å²) in [6, 6.07) is 51.4. The predicted molar refractivity (Wildman–Crippen MR) is 426 cm³/mol. The summed E-state index contributed by atoms with van der Waals surface area (Å²) in [5.74, 6) is 6.95. The number of nitrogens with one attached hydrogen (secondary N) is 10. The minimum atomic E-state index is -0.702. The molecule has 4 fully saturated rings. The lowest BCUT2D eigenvalue weighted by molar-refractivity contribution is -0.115.